The maximum atomic E-state index is 12.1. The van der Waals surface area contributed by atoms with Crippen LogP contribution in [0.1, 0.15) is 28.7 Å². The van der Waals surface area contributed by atoms with Crippen LogP contribution in [-0.2, 0) is 9.53 Å². The van der Waals surface area contributed by atoms with Crippen LogP contribution in [0.15, 0.2) is 22.7 Å². The minimum atomic E-state index is -1.04. The van der Waals surface area contributed by atoms with E-state index in [1.807, 2.05) is 0 Å². The molecule has 6 nitrogen and oxygen atoms in total. The second-order valence-corrected chi connectivity index (χ2v) is 5.70. The number of nitrogens with zero attached hydrogens (tertiary/aromatic N) is 1. The number of esters is 1. The van der Waals surface area contributed by atoms with Gasteiger partial charge in [-0.15, -0.1) is 0 Å². The van der Waals surface area contributed by atoms with Gasteiger partial charge < -0.3 is 14.6 Å². The van der Waals surface area contributed by atoms with Crippen LogP contribution >= 0.6 is 23.2 Å². The highest BCUT2D eigenvalue weighted by atomic mass is 35.5. The molecule has 1 atom stereocenters. The van der Waals surface area contributed by atoms with Crippen LogP contribution in [0.5, 0.6) is 0 Å². The number of rotatable bonds is 4. The summed E-state index contributed by atoms with van der Waals surface area (Å²) in [5.41, 5.74) is 0.952. The predicted molar refractivity (Wildman–Crippen MR) is 85.9 cm³/mol. The number of carbonyl (C=O) groups excluding carboxylic acids is 2. The van der Waals surface area contributed by atoms with Gasteiger partial charge in [-0.25, -0.2) is 4.79 Å². The molecule has 8 heteroatoms. The van der Waals surface area contributed by atoms with Gasteiger partial charge in [0.25, 0.3) is 5.91 Å². The predicted octanol–water partition coefficient (Wildman–Crippen LogP) is 3.78. The minimum absolute atomic E-state index is 0.213. The lowest BCUT2D eigenvalue weighted by Crippen LogP contribution is -2.30. The smallest absolute Gasteiger partial charge is 0.344 e. The zero-order valence-electron chi connectivity index (χ0n) is 12.6. The average molecular weight is 357 g/mol. The van der Waals surface area contributed by atoms with Crippen molar-refractivity contribution in [2.75, 3.05) is 5.32 Å². The molecule has 1 amide bonds. The molecule has 1 aromatic heterocycles. The van der Waals surface area contributed by atoms with E-state index in [0.29, 0.717) is 27.2 Å². The van der Waals surface area contributed by atoms with Gasteiger partial charge in [-0.3, -0.25) is 4.79 Å². The number of aryl methyl sites for hydroxylation is 2. The van der Waals surface area contributed by atoms with Gasteiger partial charge in [0.15, 0.2) is 6.10 Å². The van der Waals surface area contributed by atoms with Gasteiger partial charge in [0.2, 0.25) is 0 Å². The van der Waals surface area contributed by atoms with Gasteiger partial charge >= 0.3 is 5.97 Å². The molecule has 0 saturated heterocycles. The molecule has 0 aliphatic carbocycles. The highest BCUT2D eigenvalue weighted by molar-refractivity contribution is 6.35. The number of anilines is 1. The number of amides is 1. The summed E-state index contributed by atoms with van der Waals surface area (Å²) < 4.78 is 10.0. The summed E-state index contributed by atoms with van der Waals surface area (Å²) in [5.74, 6) is -0.881. The molecule has 0 unspecified atom stereocenters. The van der Waals surface area contributed by atoms with Crippen LogP contribution in [0.4, 0.5) is 5.69 Å². The zero-order valence-corrected chi connectivity index (χ0v) is 14.2. The summed E-state index contributed by atoms with van der Waals surface area (Å²) in [4.78, 5) is 24.2. The molecule has 0 bridgehead atoms. The van der Waals surface area contributed by atoms with E-state index in [-0.39, 0.29) is 5.56 Å². The number of hydrogen-bond acceptors (Lipinski definition) is 5. The van der Waals surface area contributed by atoms with Crippen molar-refractivity contribution in [3.63, 3.8) is 0 Å². The number of halogens is 2. The Hall–Kier alpha value is -2.05. The maximum Gasteiger partial charge on any atom is 0.344 e. The van der Waals surface area contributed by atoms with Crippen molar-refractivity contribution in [2.24, 2.45) is 0 Å². The van der Waals surface area contributed by atoms with Gasteiger partial charge in [-0.05, 0) is 39.0 Å². The summed E-state index contributed by atoms with van der Waals surface area (Å²) in [7, 11) is 0. The topological polar surface area (TPSA) is 81.4 Å². The summed E-state index contributed by atoms with van der Waals surface area (Å²) in [6.07, 6.45) is -1.04. The third-order valence-electron chi connectivity index (χ3n) is 3.08. The lowest BCUT2D eigenvalue weighted by Gasteiger charge is -2.14. The first-order chi connectivity index (χ1) is 10.8. The Morgan fingerprint density at radius 2 is 2.00 bits per heavy atom. The molecule has 0 radical (unpaired) electrons. The Kier molecular flexibility index (Phi) is 5.28. The maximum absolute atomic E-state index is 12.1. The van der Waals surface area contributed by atoms with Crippen LogP contribution in [0.3, 0.4) is 0 Å². The van der Waals surface area contributed by atoms with E-state index in [1.54, 1.807) is 26.0 Å². The van der Waals surface area contributed by atoms with Crippen molar-refractivity contribution in [1.29, 1.82) is 0 Å². The summed E-state index contributed by atoms with van der Waals surface area (Å²) in [6, 6.07) is 4.66. The van der Waals surface area contributed by atoms with Crippen LogP contribution in [0, 0.1) is 13.8 Å². The molecule has 23 heavy (non-hydrogen) atoms. The Morgan fingerprint density at radius 3 is 2.61 bits per heavy atom. The van der Waals surface area contributed by atoms with Crippen molar-refractivity contribution in [1.82, 2.24) is 5.16 Å². The number of hydrogen-bond donors (Lipinski definition) is 1. The normalized spacial score (nSPS) is 11.9. The fourth-order valence-corrected chi connectivity index (χ4v) is 2.21. The second kappa shape index (κ2) is 7.02. The molecular weight excluding hydrogens is 343 g/mol. The molecule has 0 spiro atoms. The van der Waals surface area contributed by atoms with Crippen molar-refractivity contribution in [3.05, 3.63) is 45.3 Å². The van der Waals surface area contributed by atoms with Crippen LogP contribution in [-0.4, -0.2) is 23.1 Å². The molecule has 2 rings (SSSR count). The molecule has 0 fully saturated rings. The number of benzene rings is 1. The van der Waals surface area contributed by atoms with E-state index >= 15 is 0 Å². The standard InChI is InChI=1S/C15H14Cl2N2O4/c1-7-13(8(2)23-19-7)15(21)22-9(3)14(20)18-12-6-10(16)4-5-11(12)17/h4-6,9H,1-3H3,(H,18,20)/t9-/m0/s1. The van der Waals surface area contributed by atoms with Crippen molar-refractivity contribution < 1.29 is 18.8 Å². The van der Waals surface area contributed by atoms with E-state index < -0.39 is 18.0 Å². The van der Waals surface area contributed by atoms with E-state index in [9.17, 15) is 9.59 Å². The van der Waals surface area contributed by atoms with E-state index in [2.05, 4.69) is 10.5 Å². The van der Waals surface area contributed by atoms with Crippen molar-refractivity contribution in [3.8, 4) is 0 Å². The lowest BCUT2D eigenvalue weighted by atomic mass is 10.2. The summed E-state index contributed by atoms with van der Waals surface area (Å²) in [5, 5.41) is 6.98. The second-order valence-electron chi connectivity index (χ2n) is 4.86. The molecule has 0 aliphatic heterocycles. The SMILES string of the molecule is Cc1noc(C)c1C(=O)O[C@@H](C)C(=O)Nc1cc(Cl)ccc1Cl. The largest absolute Gasteiger partial charge is 0.449 e. The first kappa shape index (κ1) is 17.3. The third-order valence-corrected chi connectivity index (χ3v) is 3.64. The van der Waals surface area contributed by atoms with E-state index in [1.165, 1.54) is 13.0 Å². The minimum Gasteiger partial charge on any atom is -0.449 e. The molecule has 1 N–H and O–H groups in total. The van der Waals surface area contributed by atoms with E-state index in [0.717, 1.165) is 0 Å². The Balaban J connectivity index is 2.05. The zero-order chi connectivity index (χ0) is 17.1. The number of aromatic nitrogens is 1. The highest BCUT2D eigenvalue weighted by Crippen LogP contribution is 2.25. The monoisotopic (exact) mass is 356 g/mol. The molecule has 0 aliphatic rings. The number of ether oxygens (including phenoxy) is 1. The highest BCUT2D eigenvalue weighted by Gasteiger charge is 2.24. The van der Waals surface area contributed by atoms with Crippen LogP contribution in [0.25, 0.3) is 0 Å². The van der Waals surface area contributed by atoms with Gasteiger partial charge in [-0.2, -0.15) is 0 Å². The van der Waals surface area contributed by atoms with Gasteiger partial charge in [-0.1, -0.05) is 28.4 Å². The average Bonchev–Trinajstić information content (AvgIpc) is 2.81. The van der Waals surface area contributed by atoms with Gasteiger partial charge in [0.05, 0.1) is 16.4 Å². The molecule has 2 aromatic rings. The number of nitrogens with one attached hydrogen (secondary N) is 1. The molecule has 1 aromatic carbocycles. The summed E-state index contributed by atoms with van der Waals surface area (Å²) in [6.45, 7) is 4.65. The van der Waals surface area contributed by atoms with E-state index in [4.69, 9.17) is 32.5 Å². The Labute approximate surface area is 142 Å². The third kappa shape index (κ3) is 4.03. The van der Waals surface area contributed by atoms with Crippen molar-refractivity contribution >= 4 is 40.8 Å². The first-order valence-electron chi connectivity index (χ1n) is 6.69. The fraction of sp³-hybridized carbons (Fsp3) is 0.267. The molecule has 0 saturated carbocycles. The van der Waals surface area contributed by atoms with Gasteiger partial charge in [0, 0.05) is 5.02 Å². The first-order valence-corrected chi connectivity index (χ1v) is 7.45. The molecular formula is C15H14Cl2N2O4. The van der Waals surface area contributed by atoms with Gasteiger partial charge in [0.1, 0.15) is 11.3 Å². The van der Waals surface area contributed by atoms with Crippen LogP contribution in [0.2, 0.25) is 10.0 Å². The Bertz CT molecular complexity index is 738. The summed E-state index contributed by atoms with van der Waals surface area (Å²) >= 11 is 11.8. The Morgan fingerprint density at radius 1 is 1.30 bits per heavy atom. The molecule has 122 valence electrons. The number of carbonyl (C=O) groups is 2. The quantitative estimate of drug-likeness (QED) is 0.842. The molecule has 1 heterocycles. The fourth-order valence-electron chi connectivity index (χ4n) is 1.88. The lowest BCUT2D eigenvalue weighted by molar-refractivity contribution is -0.123. The van der Waals surface area contributed by atoms with Crippen molar-refractivity contribution in [2.45, 2.75) is 26.9 Å². The van der Waals surface area contributed by atoms with Crippen LogP contribution < -0.4 is 5.32 Å².